The Balaban J connectivity index is 0.000000245. The Kier molecular flexibility index (Phi) is 9.05. The number of aromatic nitrogens is 2. The van der Waals surface area contributed by atoms with Crippen molar-refractivity contribution in [2.75, 3.05) is 0 Å². The zero-order valence-corrected chi connectivity index (χ0v) is 19.0. The minimum atomic E-state index is -4.47. The van der Waals surface area contributed by atoms with Gasteiger partial charge >= 0.3 is 12.4 Å². The second-order valence-electron chi connectivity index (χ2n) is 5.75. The molecule has 3 rings (SSSR count). The van der Waals surface area contributed by atoms with Crippen LogP contribution in [0.5, 0.6) is 0 Å². The van der Waals surface area contributed by atoms with Crippen LogP contribution in [-0.2, 0) is 18.1 Å². The highest BCUT2D eigenvalue weighted by Crippen LogP contribution is 2.37. The first kappa shape index (κ1) is 25.8. The largest absolute Gasteiger partial charge is 0.434 e. The van der Waals surface area contributed by atoms with Gasteiger partial charge in [-0.3, -0.25) is 0 Å². The molecule has 0 fully saturated rings. The van der Waals surface area contributed by atoms with Gasteiger partial charge in [0.05, 0.1) is 10.0 Å². The molecule has 0 aliphatic carbocycles. The molecule has 166 valence electrons. The molecule has 3 aromatic rings. The van der Waals surface area contributed by atoms with Crippen molar-refractivity contribution in [3.63, 3.8) is 0 Å². The van der Waals surface area contributed by atoms with E-state index in [-0.39, 0.29) is 19.4 Å². The monoisotopic (exact) mass is 562 g/mol. The first-order valence-corrected chi connectivity index (χ1v) is 10.7. The maximum atomic E-state index is 12.8. The van der Waals surface area contributed by atoms with Gasteiger partial charge in [0, 0.05) is 27.5 Å². The molecule has 0 N–H and O–H groups in total. The Morgan fingerprint density at radius 3 is 1.84 bits per heavy atom. The Morgan fingerprint density at radius 1 is 0.806 bits per heavy atom. The molecule has 0 amide bonds. The molecule has 0 unspecified atom stereocenters. The first-order chi connectivity index (χ1) is 14.4. The van der Waals surface area contributed by atoms with Crippen LogP contribution in [0.1, 0.15) is 17.0 Å². The second-order valence-corrected chi connectivity index (χ2v) is 8.50. The number of hydrogen-bond acceptors (Lipinski definition) is 3. The predicted molar refractivity (Wildman–Crippen MR) is 112 cm³/mol. The van der Waals surface area contributed by atoms with Gasteiger partial charge in [-0.1, -0.05) is 53.5 Å². The SMILES string of the molecule is FC(F)(F)c1ncc(Cl)cc1Br.FC(F)(F)c1ncc(Cl)cc1SCc1ccccc1. The van der Waals surface area contributed by atoms with Gasteiger partial charge < -0.3 is 0 Å². The number of thioether (sulfide) groups is 1. The average molecular weight is 564 g/mol. The van der Waals surface area contributed by atoms with Crippen LogP contribution in [0, 0.1) is 0 Å². The Bertz CT molecular complexity index is 1020. The van der Waals surface area contributed by atoms with E-state index in [9.17, 15) is 26.3 Å². The molecule has 2 heterocycles. The maximum Gasteiger partial charge on any atom is 0.434 e. The van der Waals surface area contributed by atoms with Crippen LogP contribution in [0.2, 0.25) is 10.0 Å². The summed E-state index contributed by atoms with van der Waals surface area (Å²) in [6, 6.07) is 11.7. The van der Waals surface area contributed by atoms with E-state index in [0.29, 0.717) is 5.75 Å². The maximum absolute atomic E-state index is 12.8. The molecule has 12 heteroatoms. The third-order valence-corrected chi connectivity index (χ3v) is 5.52. The summed E-state index contributed by atoms with van der Waals surface area (Å²) in [6.45, 7) is 0. The number of pyridine rings is 2. The van der Waals surface area contributed by atoms with E-state index in [0.717, 1.165) is 35.8 Å². The number of halogens is 9. The predicted octanol–water partition coefficient (Wildman–Crippen LogP) is 8.56. The van der Waals surface area contributed by atoms with E-state index in [2.05, 4.69) is 25.9 Å². The van der Waals surface area contributed by atoms with E-state index in [1.807, 2.05) is 30.3 Å². The summed E-state index contributed by atoms with van der Waals surface area (Å²) in [5.74, 6) is 0.436. The van der Waals surface area contributed by atoms with Crippen LogP contribution >= 0.6 is 50.9 Å². The molecule has 0 spiro atoms. The van der Waals surface area contributed by atoms with Gasteiger partial charge in [-0.15, -0.1) is 11.8 Å². The fourth-order valence-corrected chi connectivity index (χ4v) is 4.22. The minimum absolute atomic E-state index is 0.0452. The Morgan fingerprint density at radius 2 is 1.32 bits per heavy atom. The van der Waals surface area contributed by atoms with Crippen molar-refractivity contribution in [3.05, 3.63) is 86.3 Å². The molecule has 1 aromatic carbocycles. The van der Waals surface area contributed by atoms with Crippen molar-refractivity contribution in [1.82, 2.24) is 9.97 Å². The summed E-state index contributed by atoms with van der Waals surface area (Å²) in [5, 5.41) is 0.360. The fourth-order valence-electron chi connectivity index (χ4n) is 2.10. The smallest absolute Gasteiger partial charge is 0.249 e. The van der Waals surface area contributed by atoms with Gasteiger partial charge in [0.2, 0.25) is 0 Å². The summed E-state index contributed by atoms with van der Waals surface area (Å²) in [4.78, 5) is 6.57. The van der Waals surface area contributed by atoms with Crippen LogP contribution in [0.15, 0.2) is 64.2 Å². The molecule has 0 bridgehead atoms. The molecule has 0 aliphatic rings. The average Bonchev–Trinajstić information content (AvgIpc) is 2.65. The zero-order chi connectivity index (χ0) is 23.2. The van der Waals surface area contributed by atoms with Crippen molar-refractivity contribution in [2.45, 2.75) is 23.0 Å². The van der Waals surface area contributed by atoms with Crippen molar-refractivity contribution < 1.29 is 26.3 Å². The molecule has 0 atom stereocenters. The highest BCUT2D eigenvalue weighted by molar-refractivity contribution is 9.10. The van der Waals surface area contributed by atoms with Crippen LogP contribution in [0.25, 0.3) is 0 Å². The van der Waals surface area contributed by atoms with E-state index in [1.165, 1.54) is 6.07 Å². The number of rotatable bonds is 3. The number of hydrogen-bond donors (Lipinski definition) is 0. The van der Waals surface area contributed by atoms with Crippen molar-refractivity contribution in [3.8, 4) is 0 Å². The van der Waals surface area contributed by atoms with Crippen molar-refractivity contribution in [1.29, 1.82) is 0 Å². The lowest BCUT2D eigenvalue weighted by Crippen LogP contribution is -2.09. The molecule has 0 aliphatic heterocycles. The number of nitrogens with zero attached hydrogens (tertiary/aromatic N) is 2. The van der Waals surface area contributed by atoms with E-state index < -0.39 is 23.7 Å². The fraction of sp³-hybridized carbons (Fsp3) is 0.158. The highest BCUT2D eigenvalue weighted by Gasteiger charge is 2.36. The van der Waals surface area contributed by atoms with Crippen LogP contribution in [0.3, 0.4) is 0 Å². The number of benzene rings is 1. The van der Waals surface area contributed by atoms with Crippen molar-refractivity contribution >= 4 is 50.9 Å². The van der Waals surface area contributed by atoms with Crippen LogP contribution in [-0.4, -0.2) is 9.97 Å². The molecular formula is C19H11BrCl2F6N2S. The molecule has 2 aromatic heterocycles. The van der Waals surface area contributed by atoms with E-state index in [4.69, 9.17) is 23.2 Å². The van der Waals surface area contributed by atoms with Crippen LogP contribution in [0.4, 0.5) is 26.3 Å². The Hall–Kier alpha value is -1.49. The molecule has 0 saturated heterocycles. The standard InChI is InChI=1S/C13H9ClF3NS.C6H2BrClF3N/c14-10-6-11(12(18-7-10)13(15,16)17)19-8-9-4-2-1-3-5-9;7-4-1-3(8)2-12-5(4)6(9,10)11/h1-7H,8H2;1-2H. The van der Waals surface area contributed by atoms with Gasteiger partial charge in [-0.25, -0.2) is 9.97 Å². The minimum Gasteiger partial charge on any atom is -0.249 e. The van der Waals surface area contributed by atoms with E-state index >= 15 is 0 Å². The zero-order valence-electron chi connectivity index (χ0n) is 15.1. The second kappa shape index (κ2) is 10.9. The molecule has 0 saturated carbocycles. The topological polar surface area (TPSA) is 25.8 Å². The lowest BCUT2D eigenvalue weighted by Gasteiger charge is -2.11. The van der Waals surface area contributed by atoms with Gasteiger partial charge in [0.15, 0.2) is 11.4 Å². The molecule has 2 nitrogen and oxygen atoms in total. The third kappa shape index (κ3) is 8.17. The van der Waals surface area contributed by atoms with Gasteiger partial charge in [0.1, 0.15) is 0 Å². The number of alkyl halides is 6. The summed E-state index contributed by atoms with van der Waals surface area (Å²) >= 11 is 14.9. The third-order valence-electron chi connectivity index (χ3n) is 3.40. The highest BCUT2D eigenvalue weighted by atomic mass is 79.9. The lowest BCUT2D eigenvalue weighted by atomic mass is 10.2. The van der Waals surface area contributed by atoms with Gasteiger partial charge in [-0.2, -0.15) is 26.3 Å². The van der Waals surface area contributed by atoms with E-state index in [1.54, 1.807) is 0 Å². The Labute approximate surface area is 196 Å². The van der Waals surface area contributed by atoms with Gasteiger partial charge in [0.25, 0.3) is 0 Å². The van der Waals surface area contributed by atoms with Gasteiger partial charge in [-0.05, 0) is 33.6 Å². The summed E-state index contributed by atoms with van der Waals surface area (Å²) in [5.41, 5.74) is -0.912. The normalized spacial score (nSPS) is 11.6. The first-order valence-electron chi connectivity index (χ1n) is 8.15. The molecule has 0 radical (unpaired) electrons. The quantitative estimate of drug-likeness (QED) is 0.236. The molecular weight excluding hydrogens is 553 g/mol. The van der Waals surface area contributed by atoms with Crippen LogP contribution < -0.4 is 0 Å². The summed E-state index contributed by atoms with van der Waals surface area (Å²) in [6.07, 6.45) is -6.95. The molecule has 31 heavy (non-hydrogen) atoms. The lowest BCUT2D eigenvalue weighted by molar-refractivity contribution is -0.143. The summed E-state index contributed by atoms with van der Waals surface area (Å²) in [7, 11) is 0. The summed E-state index contributed by atoms with van der Waals surface area (Å²) < 4.78 is 74.3. The van der Waals surface area contributed by atoms with Crippen molar-refractivity contribution in [2.24, 2.45) is 0 Å².